The number of aryl methyl sites for hydroxylation is 2. The second-order valence-corrected chi connectivity index (χ2v) is 7.15. The molecule has 1 unspecified atom stereocenters. The Kier molecular flexibility index (Phi) is 3.93. The quantitative estimate of drug-likeness (QED) is 0.808. The third-order valence-electron chi connectivity index (χ3n) is 3.41. The third kappa shape index (κ3) is 3.56. The molecule has 19 heavy (non-hydrogen) atoms. The van der Waals surface area contributed by atoms with E-state index in [2.05, 4.69) is 4.98 Å². The Bertz CT molecular complexity index is 564. The molecule has 2 rings (SSSR count). The lowest BCUT2D eigenvalue weighted by Crippen LogP contribution is -2.37. The van der Waals surface area contributed by atoms with Crippen LogP contribution in [0.5, 0.6) is 0 Å². The first kappa shape index (κ1) is 14.0. The molecular weight excluding hydrogens is 268 g/mol. The minimum atomic E-state index is -2.96. The SMILES string of the molecule is Cc1nc(CCC(=O)N(C)C2CCS(=O)(=O)C2)co1. The fraction of sp³-hybridized carbons (Fsp3) is 0.667. The minimum absolute atomic E-state index is 0.0530. The van der Waals surface area contributed by atoms with Gasteiger partial charge in [0.2, 0.25) is 5.91 Å². The van der Waals surface area contributed by atoms with Crippen LogP contribution in [0.15, 0.2) is 10.7 Å². The van der Waals surface area contributed by atoms with Crippen molar-refractivity contribution in [2.75, 3.05) is 18.6 Å². The number of rotatable bonds is 4. The summed E-state index contributed by atoms with van der Waals surface area (Å²) in [5, 5.41) is 0. The highest BCUT2D eigenvalue weighted by molar-refractivity contribution is 7.91. The molecule has 0 N–H and O–H groups in total. The summed E-state index contributed by atoms with van der Waals surface area (Å²) in [6.07, 6.45) is 2.91. The average molecular weight is 286 g/mol. The summed E-state index contributed by atoms with van der Waals surface area (Å²) in [7, 11) is -1.29. The fourth-order valence-corrected chi connectivity index (χ4v) is 3.99. The van der Waals surface area contributed by atoms with E-state index in [1.165, 1.54) is 0 Å². The van der Waals surface area contributed by atoms with Gasteiger partial charge in [0, 0.05) is 32.9 Å². The van der Waals surface area contributed by atoms with Crippen LogP contribution in [-0.4, -0.2) is 48.8 Å². The van der Waals surface area contributed by atoms with Gasteiger partial charge in [0.1, 0.15) is 6.26 Å². The summed E-state index contributed by atoms with van der Waals surface area (Å²) in [5.74, 6) is 0.788. The van der Waals surface area contributed by atoms with Crippen LogP contribution < -0.4 is 0 Å². The molecule has 1 fully saturated rings. The molecule has 0 aromatic carbocycles. The van der Waals surface area contributed by atoms with Gasteiger partial charge in [-0.05, 0) is 6.42 Å². The van der Waals surface area contributed by atoms with E-state index in [9.17, 15) is 13.2 Å². The smallest absolute Gasteiger partial charge is 0.222 e. The second kappa shape index (κ2) is 5.32. The first-order valence-electron chi connectivity index (χ1n) is 6.24. The zero-order valence-corrected chi connectivity index (χ0v) is 11.9. The maximum Gasteiger partial charge on any atom is 0.222 e. The normalized spacial score (nSPS) is 21.5. The van der Waals surface area contributed by atoms with Crippen LogP contribution in [0.3, 0.4) is 0 Å². The van der Waals surface area contributed by atoms with Crippen molar-refractivity contribution in [3.63, 3.8) is 0 Å². The molecule has 1 saturated heterocycles. The van der Waals surface area contributed by atoms with Gasteiger partial charge in [-0.3, -0.25) is 4.79 Å². The number of sulfone groups is 1. The van der Waals surface area contributed by atoms with Crippen molar-refractivity contribution >= 4 is 15.7 Å². The van der Waals surface area contributed by atoms with E-state index in [1.54, 1.807) is 25.1 Å². The number of carbonyl (C=O) groups excluding carboxylic acids is 1. The van der Waals surface area contributed by atoms with Crippen LogP contribution in [0.2, 0.25) is 0 Å². The zero-order chi connectivity index (χ0) is 14.0. The predicted octanol–water partition coefficient (Wildman–Crippen LogP) is 0.561. The topological polar surface area (TPSA) is 80.5 Å². The monoisotopic (exact) mass is 286 g/mol. The highest BCUT2D eigenvalue weighted by Crippen LogP contribution is 2.17. The second-order valence-electron chi connectivity index (χ2n) is 4.92. The molecular formula is C12H18N2O4S. The van der Waals surface area contributed by atoms with Gasteiger partial charge in [0.25, 0.3) is 0 Å². The number of oxazole rings is 1. The summed E-state index contributed by atoms with van der Waals surface area (Å²) in [4.78, 5) is 17.7. The van der Waals surface area contributed by atoms with Crippen molar-refractivity contribution in [1.82, 2.24) is 9.88 Å². The maximum absolute atomic E-state index is 12.0. The predicted molar refractivity (Wildman–Crippen MR) is 69.4 cm³/mol. The molecule has 106 valence electrons. The molecule has 1 aliphatic heterocycles. The molecule has 0 saturated carbocycles. The highest BCUT2D eigenvalue weighted by atomic mass is 32.2. The van der Waals surface area contributed by atoms with E-state index in [-0.39, 0.29) is 23.5 Å². The van der Waals surface area contributed by atoms with Crippen LogP contribution in [0.1, 0.15) is 24.4 Å². The number of hydrogen-bond acceptors (Lipinski definition) is 5. The number of amides is 1. The lowest BCUT2D eigenvalue weighted by atomic mass is 10.2. The van der Waals surface area contributed by atoms with Gasteiger partial charge in [-0.25, -0.2) is 13.4 Å². The third-order valence-corrected chi connectivity index (χ3v) is 5.16. The van der Waals surface area contributed by atoms with E-state index in [0.717, 1.165) is 5.69 Å². The Labute approximate surface area is 112 Å². The molecule has 1 amide bonds. The van der Waals surface area contributed by atoms with Gasteiger partial charge in [-0.15, -0.1) is 0 Å². The molecule has 0 bridgehead atoms. The molecule has 7 heteroatoms. The minimum Gasteiger partial charge on any atom is -0.449 e. The summed E-state index contributed by atoms with van der Waals surface area (Å²) in [6, 6.07) is -0.184. The van der Waals surface area contributed by atoms with Crippen molar-refractivity contribution in [3.8, 4) is 0 Å². The molecule has 1 aromatic heterocycles. The summed E-state index contributed by atoms with van der Waals surface area (Å²) in [5.41, 5.74) is 0.748. The van der Waals surface area contributed by atoms with Crippen molar-refractivity contribution in [1.29, 1.82) is 0 Å². The molecule has 1 aromatic rings. The molecule has 0 spiro atoms. The molecule has 1 atom stereocenters. The zero-order valence-electron chi connectivity index (χ0n) is 11.1. The van der Waals surface area contributed by atoms with Gasteiger partial charge >= 0.3 is 0 Å². The van der Waals surface area contributed by atoms with Crippen LogP contribution in [0, 0.1) is 6.92 Å². The molecule has 0 aliphatic carbocycles. The van der Waals surface area contributed by atoms with Crippen molar-refractivity contribution in [2.24, 2.45) is 0 Å². The number of nitrogens with zero attached hydrogens (tertiary/aromatic N) is 2. The van der Waals surface area contributed by atoms with Gasteiger partial charge in [-0.1, -0.05) is 0 Å². The summed E-state index contributed by atoms with van der Waals surface area (Å²) >= 11 is 0. The highest BCUT2D eigenvalue weighted by Gasteiger charge is 2.32. The van der Waals surface area contributed by atoms with Gasteiger partial charge in [0.15, 0.2) is 15.7 Å². The van der Waals surface area contributed by atoms with Gasteiger partial charge in [0.05, 0.1) is 17.2 Å². The van der Waals surface area contributed by atoms with Crippen LogP contribution in [0.4, 0.5) is 0 Å². The number of carbonyl (C=O) groups is 1. The van der Waals surface area contributed by atoms with Crippen LogP contribution in [-0.2, 0) is 21.1 Å². The van der Waals surface area contributed by atoms with E-state index in [1.807, 2.05) is 0 Å². The van der Waals surface area contributed by atoms with Gasteiger partial charge in [-0.2, -0.15) is 0 Å². The molecule has 2 heterocycles. The Morgan fingerprint density at radius 3 is 2.84 bits per heavy atom. The number of aromatic nitrogens is 1. The van der Waals surface area contributed by atoms with E-state index in [0.29, 0.717) is 25.2 Å². The number of hydrogen-bond donors (Lipinski definition) is 0. The van der Waals surface area contributed by atoms with Gasteiger partial charge < -0.3 is 9.32 Å². The Balaban J connectivity index is 1.86. The van der Waals surface area contributed by atoms with Crippen molar-refractivity contribution in [2.45, 2.75) is 32.2 Å². The van der Waals surface area contributed by atoms with E-state index in [4.69, 9.17) is 4.42 Å². The van der Waals surface area contributed by atoms with E-state index < -0.39 is 9.84 Å². The molecule has 1 aliphatic rings. The van der Waals surface area contributed by atoms with Crippen LogP contribution in [0.25, 0.3) is 0 Å². The lowest BCUT2D eigenvalue weighted by Gasteiger charge is -2.23. The molecule has 0 radical (unpaired) electrons. The van der Waals surface area contributed by atoms with Crippen molar-refractivity contribution < 1.29 is 17.6 Å². The molecule has 6 nitrogen and oxygen atoms in total. The Hall–Kier alpha value is -1.37. The summed E-state index contributed by atoms with van der Waals surface area (Å²) < 4.78 is 27.8. The summed E-state index contributed by atoms with van der Waals surface area (Å²) in [6.45, 7) is 1.75. The van der Waals surface area contributed by atoms with Crippen molar-refractivity contribution in [3.05, 3.63) is 17.8 Å². The van der Waals surface area contributed by atoms with Crippen LogP contribution >= 0.6 is 0 Å². The standard InChI is InChI=1S/C12H18N2O4S/c1-9-13-10(7-18-9)3-4-12(15)14(2)11-5-6-19(16,17)8-11/h7,11H,3-6,8H2,1-2H3. The first-order valence-corrected chi connectivity index (χ1v) is 8.06. The average Bonchev–Trinajstić information content (AvgIpc) is 2.91. The van der Waals surface area contributed by atoms with E-state index >= 15 is 0 Å². The Morgan fingerprint density at radius 1 is 1.58 bits per heavy atom. The lowest BCUT2D eigenvalue weighted by molar-refractivity contribution is -0.131. The fourth-order valence-electron chi connectivity index (χ4n) is 2.22. The largest absolute Gasteiger partial charge is 0.449 e. The Morgan fingerprint density at radius 2 is 2.32 bits per heavy atom. The first-order chi connectivity index (χ1) is 8.87. The maximum atomic E-state index is 12.0.